The normalized spacial score (nSPS) is 10.3. The molecule has 2 nitrogen and oxygen atoms in total. The van der Waals surface area contributed by atoms with Gasteiger partial charge in [0.05, 0.1) is 16.7 Å². The van der Waals surface area contributed by atoms with Crippen LogP contribution in [-0.2, 0) is 0 Å². The van der Waals surface area contributed by atoms with E-state index in [0.717, 1.165) is 0 Å². The van der Waals surface area contributed by atoms with Gasteiger partial charge >= 0.3 is 0 Å². The zero-order chi connectivity index (χ0) is 13.8. The minimum atomic E-state index is 0.436. The first kappa shape index (κ1) is 14.3. The Bertz CT molecular complexity index is 585. The lowest BCUT2D eigenvalue weighted by Crippen LogP contribution is -1.95. The maximum absolute atomic E-state index is 5.94. The Labute approximate surface area is 126 Å². The Kier molecular flexibility index (Phi) is 4.81. The third-order valence-corrected chi connectivity index (χ3v) is 3.30. The first-order valence-corrected chi connectivity index (χ1v) is 6.79. The van der Waals surface area contributed by atoms with Crippen LogP contribution < -0.4 is 9.47 Å². The Balaban J connectivity index is 2.29. The second-order valence-corrected chi connectivity index (χ2v) is 4.95. The molecule has 0 N–H and O–H groups in total. The minimum Gasteiger partial charge on any atom is -0.490 e. The van der Waals surface area contributed by atoms with Crippen molar-refractivity contribution in [3.8, 4) is 17.2 Å². The highest BCUT2D eigenvalue weighted by atomic mass is 35.5. The smallest absolute Gasteiger partial charge is 0.169 e. The molecule has 0 bridgehead atoms. The summed E-state index contributed by atoms with van der Waals surface area (Å²) in [6.07, 6.45) is 0. The average Bonchev–Trinajstić information content (AvgIpc) is 2.37. The second kappa shape index (κ2) is 6.38. The quantitative estimate of drug-likeness (QED) is 0.705. The van der Waals surface area contributed by atoms with Gasteiger partial charge < -0.3 is 9.47 Å². The molecule has 0 unspecified atom stereocenters. The van der Waals surface area contributed by atoms with Crippen molar-refractivity contribution in [2.75, 3.05) is 6.61 Å². The topological polar surface area (TPSA) is 18.5 Å². The number of hydrogen-bond donors (Lipinski definition) is 0. The van der Waals surface area contributed by atoms with Gasteiger partial charge in [-0.2, -0.15) is 0 Å². The van der Waals surface area contributed by atoms with Gasteiger partial charge in [0, 0.05) is 17.2 Å². The molecule has 0 fully saturated rings. The van der Waals surface area contributed by atoms with Crippen molar-refractivity contribution >= 4 is 34.8 Å². The summed E-state index contributed by atoms with van der Waals surface area (Å²) < 4.78 is 11.2. The monoisotopic (exact) mass is 316 g/mol. The lowest BCUT2D eigenvalue weighted by Gasteiger charge is -2.12. The van der Waals surface area contributed by atoms with Crippen LogP contribution in [-0.4, -0.2) is 6.61 Å². The van der Waals surface area contributed by atoms with E-state index in [2.05, 4.69) is 0 Å². The van der Waals surface area contributed by atoms with E-state index in [1.807, 2.05) is 6.92 Å². The lowest BCUT2D eigenvalue weighted by atomic mass is 10.3. The van der Waals surface area contributed by atoms with Gasteiger partial charge in [-0.3, -0.25) is 0 Å². The Morgan fingerprint density at radius 1 is 0.895 bits per heavy atom. The molecular formula is C14H11Cl3O2. The lowest BCUT2D eigenvalue weighted by molar-refractivity contribution is 0.321. The average molecular weight is 318 g/mol. The first-order valence-electron chi connectivity index (χ1n) is 5.65. The van der Waals surface area contributed by atoms with Gasteiger partial charge in [0.2, 0.25) is 0 Å². The van der Waals surface area contributed by atoms with Crippen LogP contribution in [0, 0.1) is 0 Å². The fourth-order valence-corrected chi connectivity index (χ4v) is 1.95. The Morgan fingerprint density at radius 2 is 1.68 bits per heavy atom. The summed E-state index contributed by atoms with van der Waals surface area (Å²) in [6.45, 7) is 2.42. The molecule has 2 aromatic carbocycles. The van der Waals surface area contributed by atoms with Gasteiger partial charge in [0.25, 0.3) is 0 Å². The Morgan fingerprint density at radius 3 is 2.37 bits per heavy atom. The first-order chi connectivity index (χ1) is 9.10. The molecule has 0 aliphatic carbocycles. The molecule has 2 aromatic rings. The molecule has 0 heterocycles. The summed E-state index contributed by atoms with van der Waals surface area (Å²) in [5, 5.41) is 1.51. The van der Waals surface area contributed by atoms with Crippen LogP contribution in [0.4, 0.5) is 0 Å². The summed E-state index contributed by atoms with van der Waals surface area (Å²) in [4.78, 5) is 0. The molecule has 100 valence electrons. The van der Waals surface area contributed by atoms with E-state index in [0.29, 0.717) is 38.9 Å². The zero-order valence-electron chi connectivity index (χ0n) is 10.1. The highest BCUT2D eigenvalue weighted by Crippen LogP contribution is 2.35. The fraction of sp³-hybridized carbons (Fsp3) is 0.143. The molecule has 2 rings (SSSR count). The predicted molar refractivity (Wildman–Crippen MR) is 79.2 cm³/mol. The molecule has 0 aliphatic heterocycles. The van der Waals surface area contributed by atoms with Crippen LogP contribution in [0.2, 0.25) is 15.1 Å². The van der Waals surface area contributed by atoms with Crippen molar-refractivity contribution in [3.63, 3.8) is 0 Å². The highest BCUT2D eigenvalue weighted by molar-refractivity contribution is 6.42. The van der Waals surface area contributed by atoms with Crippen LogP contribution in [0.5, 0.6) is 17.2 Å². The van der Waals surface area contributed by atoms with Crippen LogP contribution in [0.3, 0.4) is 0 Å². The van der Waals surface area contributed by atoms with Crippen LogP contribution in [0.15, 0.2) is 36.4 Å². The van der Waals surface area contributed by atoms with Crippen molar-refractivity contribution in [3.05, 3.63) is 51.5 Å². The molecule has 0 spiro atoms. The highest BCUT2D eigenvalue weighted by Gasteiger charge is 2.08. The van der Waals surface area contributed by atoms with E-state index >= 15 is 0 Å². The fourth-order valence-electron chi connectivity index (χ4n) is 1.50. The van der Waals surface area contributed by atoms with Crippen molar-refractivity contribution in [1.29, 1.82) is 0 Å². The summed E-state index contributed by atoms with van der Waals surface area (Å²) in [6, 6.07) is 10.2. The molecule has 0 saturated heterocycles. The van der Waals surface area contributed by atoms with Crippen LogP contribution in [0.25, 0.3) is 0 Å². The van der Waals surface area contributed by atoms with Crippen LogP contribution in [0.1, 0.15) is 6.92 Å². The van der Waals surface area contributed by atoms with Gasteiger partial charge in [-0.15, -0.1) is 0 Å². The number of hydrogen-bond acceptors (Lipinski definition) is 2. The molecule has 19 heavy (non-hydrogen) atoms. The number of ether oxygens (including phenoxy) is 2. The van der Waals surface area contributed by atoms with Gasteiger partial charge in [-0.1, -0.05) is 34.8 Å². The van der Waals surface area contributed by atoms with Gasteiger partial charge in [0.1, 0.15) is 5.75 Å². The third-order valence-electron chi connectivity index (χ3n) is 2.32. The van der Waals surface area contributed by atoms with Crippen molar-refractivity contribution in [2.45, 2.75) is 6.92 Å². The second-order valence-electron chi connectivity index (χ2n) is 3.70. The molecule has 0 amide bonds. The van der Waals surface area contributed by atoms with E-state index in [9.17, 15) is 0 Å². The molecular weight excluding hydrogens is 307 g/mol. The third kappa shape index (κ3) is 3.69. The Hall–Kier alpha value is -1.09. The van der Waals surface area contributed by atoms with Gasteiger partial charge in [-0.25, -0.2) is 0 Å². The van der Waals surface area contributed by atoms with Crippen molar-refractivity contribution in [1.82, 2.24) is 0 Å². The maximum atomic E-state index is 5.94. The number of benzene rings is 2. The molecule has 5 heteroatoms. The molecule has 0 radical (unpaired) electrons. The van der Waals surface area contributed by atoms with Crippen LogP contribution >= 0.6 is 34.8 Å². The van der Waals surface area contributed by atoms with Crippen molar-refractivity contribution in [2.24, 2.45) is 0 Å². The largest absolute Gasteiger partial charge is 0.490 e. The minimum absolute atomic E-state index is 0.436. The van der Waals surface area contributed by atoms with E-state index in [1.165, 1.54) is 0 Å². The molecule has 0 aliphatic rings. The molecule has 0 aromatic heterocycles. The van der Waals surface area contributed by atoms with E-state index < -0.39 is 0 Å². The predicted octanol–water partition coefficient (Wildman–Crippen LogP) is 5.84. The summed E-state index contributed by atoms with van der Waals surface area (Å²) in [5.74, 6) is 1.74. The van der Waals surface area contributed by atoms with E-state index in [4.69, 9.17) is 44.3 Å². The SMILES string of the molecule is CCOc1cc(Cl)ccc1Oc1ccc(Cl)c(Cl)c1. The molecule has 0 saturated carbocycles. The van der Waals surface area contributed by atoms with Gasteiger partial charge in [-0.05, 0) is 31.2 Å². The molecule has 0 atom stereocenters. The standard InChI is InChI=1S/C14H11Cl3O2/c1-2-18-14-7-9(15)3-6-13(14)19-10-4-5-11(16)12(17)8-10/h3-8H,2H2,1H3. The number of halogens is 3. The van der Waals surface area contributed by atoms with Crippen molar-refractivity contribution < 1.29 is 9.47 Å². The maximum Gasteiger partial charge on any atom is 0.169 e. The van der Waals surface area contributed by atoms with E-state index in [-0.39, 0.29) is 0 Å². The summed E-state index contributed by atoms with van der Waals surface area (Å²) >= 11 is 17.7. The van der Waals surface area contributed by atoms with Gasteiger partial charge in [0.15, 0.2) is 11.5 Å². The number of rotatable bonds is 4. The zero-order valence-corrected chi connectivity index (χ0v) is 12.4. The summed E-state index contributed by atoms with van der Waals surface area (Å²) in [7, 11) is 0. The summed E-state index contributed by atoms with van der Waals surface area (Å²) in [5.41, 5.74) is 0. The van der Waals surface area contributed by atoms with E-state index in [1.54, 1.807) is 36.4 Å².